The number of benzene rings is 2. The van der Waals surface area contributed by atoms with E-state index in [1.807, 2.05) is 62.4 Å². The zero-order valence-corrected chi connectivity index (χ0v) is 14.8. The van der Waals surface area contributed by atoms with E-state index in [0.29, 0.717) is 0 Å². The van der Waals surface area contributed by atoms with E-state index in [-0.39, 0.29) is 11.9 Å². The van der Waals surface area contributed by atoms with Crippen molar-refractivity contribution in [1.29, 1.82) is 0 Å². The molecule has 0 aromatic heterocycles. The van der Waals surface area contributed by atoms with Crippen molar-refractivity contribution < 1.29 is 9.53 Å². The maximum Gasteiger partial charge on any atom is 0.246 e. The summed E-state index contributed by atoms with van der Waals surface area (Å²) in [5, 5.41) is 6.18. The molecule has 0 bridgehead atoms. The van der Waals surface area contributed by atoms with Crippen molar-refractivity contribution in [3.8, 4) is 0 Å². The number of rotatable bonds is 5. The van der Waals surface area contributed by atoms with Gasteiger partial charge in [0.2, 0.25) is 5.91 Å². The lowest BCUT2D eigenvalue weighted by molar-refractivity contribution is -0.116. The molecule has 25 heavy (non-hydrogen) atoms. The highest BCUT2D eigenvalue weighted by Crippen LogP contribution is 2.19. The molecule has 1 saturated heterocycles. The molecule has 5 nitrogen and oxygen atoms in total. The number of aryl methyl sites for hydroxylation is 1. The van der Waals surface area contributed by atoms with Gasteiger partial charge in [-0.3, -0.25) is 4.79 Å². The van der Waals surface area contributed by atoms with Crippen LogP contribution in [0.3, 0.4) is 0 Å². The Bertz CT molecular complexity index is 692. The van der Waals surface area contributed by atoms with Crippen molar-refractivity contribution in [2.24, 2.45) is 0 Å². The lowest BCUT2D eigenvalue weighted by Crippen LogP contribution is -2.36. The average molecular weight is 339 g/mol. The molecule has 1 unspecified atom stereocenters. The van der Waals surface area contributed by atoms with Crippen LogP contribution in [0.15, 0.2) is 48.5 Å². The number of nitrogens with one attached hydrogen (secondary N) is 2. The van der Waals surface area contributed by atoms with Crippen LogP contribution in [-0.4, -0.2) is 38.3 Å². The van der Waals surface area contributed by atoms with Crippen LogP contribution in [0.5, 0.6) is 0 Å². The molecule has 2 aromatic rings. The Morgan fingerprint density at radius 2 is 1.60 bits per heavy atom. The normalized spacial score (nSPS) is 15.5. The zero-order chi connectivity index (χ0) is 17.6. The summed E-state index contributed by atoms with van der Waals surface area (Å²) >= 11 is 0. The standard InChI is InChI=1S/C20H25N3O2/c1-15-3-5-17(6-4-15)21-16(2)20(24)22-18-7-9-19(10-8-18)23-11-13-25-14-12-23/h3-10,16,21H,11-14H2,1-2H3,(H,22,24). The molecule has 1 amide bonds. The minimum atomic E-state index is -0.318. The van der Waals surface area contributed by atoms with Crippen molar-refractivity contribution in [2.45, 2.75) is 19.9 Å². The highest BCUT2D eigenvalue weighted by Gasteiger charge is 2.14. The Morgan fingerprint density at radius 1 is 1.00 bits per heavy atom. The van der Waals surface area contributed by atoms with E-state index in [0.717, 1.165) is 43.4 Å². The predicted molar refractivity (Wildman–Crippen MR) is 102 cm³/mol. The molecule has 1 atom stereocenters. The third kappa shape index (κ3) is 4.73. The molecule has 1 fully saturated rings. The van der Waals surface area contributed by atoms with Gasteiger partial charge in [-0.25, -0.2) is 0 Å². The Morgan fingerprint density at radius 3 is 2.24 bits per heavy atom. The summed E-state index contributed by atoms with van der Waals surface area (Å²) in [4.78, 5) is 14.7. The van der Waals surface area contributed by atoms with Gasteiger partial charge in [-0.15, -0.1) is 0 Å². The number of nitrogens with zero attached hydrogens (tertiary/aromatic N) is 1. The summed E-state index contributed by atoms with van der Waals surface area (Å²) in [5.41, 5.74) is 4.10. The van der Waals surface area contributed by atoms with Crippen molar-refractivity contribution in [2.75, 3.05) is 41.8 Å². The number of carbonyl (C=O) groups is 1. The van der Waals surface area contributed by atoms with Crippen LogP contribution >= 0.6 is 0 Å². The summed E-state index contributed by atoms with van der Waals surface area (Å²) in [6.07, 6.45) is 0. The largest absolute Gasteiger partial charge is 0.378 e. The van der Waals surface area contributed by atoms with Crippen LogP contribution in [-0.2, 0) is 9.53 Å². The van der Waals surface area contributed by atoms with E-state index in [9.17, 15) is 4.79 Å². The number of ether oxygens (including phenoxy) is 1. The molecular formula is C20H25N3O2. The van der Waals surface area contributed by atoms with Gasteiger partial charge in [-0.05, 0) is 50.2 Å². The molecule has 2 N–H and O–H groups in total. The third-order valence-corrected chi connectivity index (χ3v) is 4.34. The van der Waals surface area contributed by atoms with E-state index in [1.165, 1.54) is 5.56 Å². The minimum absolute atomic E-state index is 0.0558. The van der Waals surface area contributed by atoms with Gasteiger partial charge >= 0.3 is 0 Å². The van der Waals surface area contributed by atoms with Gasteiger partial charge in [0.05, 0.1) is 13.2 Å². The topological polar surface area (TPSA) is 53.6 Å². The Labute approximate surface area is 149 Å². The first-order chi connectivity index (χ1) is 12.1. The Kier molecular flexibility index (Phi) is 5.56. The SMILES string of the molecule is Cc1ccc(NC(C)C(=O)Nc2ccc(N3CCOCC3)cc2)cc1. The first kappa shape index (κ1) is 17.3. The Balaban J connectivity index is 1.55. The number of hydrogen-bond acceptors (Lipinski definition) is 4. The van der Waals surface area contributed by atoms with Crippen LogP contribution in [0.1, 0.15) is 12.5 Å². The number of amides is 1. The second-order valence-corrected chi connectivity index (χ2v) is 6.37. The maximum absolute atomic E-state index is 12.4. The smallest absolute Gasteiger partial charge is 0.246 e. The fourth-order valence-electron chi connectivity index (χ4n) is 2.79. The van der Waals surface area contributed by atoms with Crippen LogP contribution < -0.4 is 15.5 Å². The summed E-state index contributed by atoms with van der Waals surface area (Å²) in [5.74, 6) is -0.0558. The van der Waals surface area contributed by atoms with Crippen LogP contribution in [0, 0.1) is 6.92 Å². The summed E-state index contributed by atoms with van der Waals surface area (Å²) < 4.78 is 5.37. The molecule has 2 aromatic carbocycles. The lowest BCUT2D eigenvalue weighted by atomic mass is 10.2. The van der Waals surface area contributed by atoms with Gasteiger partial charge in [0.1, 0.15) is 6.04 Å². The van der Waals surface area contributed by atoms with Crippen molar-refractivity contribution >= 4 is 23.0 Å². The number of carbonyl (C=O) groups excluding carboxylic acids is 1. The van der Waals surface area contributed by atoms with E-state index >= 15 is 0 Å². The second-order valence-electron chi connectivity index (χ2n) is 6.37. The predicted octanol–water partition coefficient (Wildman–Crippen LogP) is 3.27. The van der Waals surface area contributed by atoms with Crippen LogP contribution in [0.25, 0.3) is 0 Å². The fourth-order valence-corrected chi connectivity index (χ4v) is 2.79. The summed E-state index contributed by atoms with van der Waals surface area (Å²) in [6.45, 7) is 7.24. The minimum Gasteiger partial charge on any atom is -0.378 e. The van der Waals surface area contributed by atoms with E-state index < -0.39 is 0 Å². The molecule has 3 rings (SSSR count). The van der Waals surface area contributed by atoms with E-state index in [4.69, 9.17) is 4.74 Å². The molecule has 1 heterocycles. The van der Waals surface area contributed by atoms with Gasteiger partial charge < -0.3 is 20.3 Å². The molecule has 0 radical (unpaired) electrons. The fraction of sp³-hybridized carbons (Fsp3) is 0.350. The molecule has 132 valence electrons. The van der Waals surface area contributed by atoms with Crippen molar-refractivity contribution in [3.63, 3.8) is 0 Å². The average Bonchev–Trinajstić information content (AvgIpc) is 2.65. The van der Waals surface area contributed by atoms with E-state index in [2.05, 4.69) is 15.5 Å². The molecule has 0 spiro atoms. The highest BCUT2D eigenvalue weighted by atomic mass is 16.5. The lowest BCUT2D eigenvalue weighted by Gasteiger charge is -2.29. The first-order valence-corrected chi connectivity index (χ1v) is 8.68. The molecule has 0 aliphatic carbocycles. The van der Waals surface area contributed by atoms with Gasteiger partial charge in [0.15, 0.2) is 0 Å². The molecule has 0 saturated carbocycles. The van der Waals surface area contributed by atoms with Gasteiger partial charge in [0.25, 0.3) is 0 Å². The number of hydrogen-bond donors (Lipinski definition) is 2. The Hall–Kier alpha value is -2.53. The van der Waals surface area contributed by atoms with Crippen molar-refractivity contribution in [3.05, 3.63) is 54.1 Å². The maximum atomic E-state index is 12.4. The third-order valence-electron chi connectivity index (χ3n) is 4.34. The second kappa shape index (κ2) is 8.03. The highest BCUT2D eigenvalue weighted by molar-refractivity contribution is 5.96. The number of morpholine rings is 1. The summed E-state index contributed by atoms with van der Waals surface area (Å²) in [6, 6.07) is 15.7. The summed E-state index contributed by atoms with van der Waals surface area (Å²) in [7, 11) is 0. The molecule has 1 aliphatic heterocycles. The van der Waals surface area contributed by atoms with Gasteiger partial charge in [-0.1, -0.05) is 17.7 Å². The first-order valence-electron chi connectivity index (χ1n) is 8.68. The molecular weight excluding hydrogens is 314 g/mol. The van der Waals surface area contributed by atoms with Crippen molar-refractivity contribution in [1.82, 2.24) is 0 Å². The van der Waals surface area contributed by atoms with Crippen LogP contribution in [0.4, 0.5) is 17.1 Å². The van der Waals surface area contributed by atoms with Gasteiger partial charge in [-0.2, -0.15) is 0 Å². The number of anilines is 3. The van der Waals surface area contributed by atoms with Crippen LogP contribution in [0.2, 0.25) is 0 Å². The monoisotopic (exact) mass is 339 g/mol. The van der Waals surface area contributed by atoms with Gasteiger partial charge in [0, 0.05) is 30.2 Å². The quantitative estimate of drug-likeness (QED) is 0.878. The molecule has 5 heteroatoms. The molecule has 1 aliphatic rings. The zero-order valence-electron chi connectivity index (χ0n) is 14.8. The van der Waals surface area contributed by atoms with E-state index in [1.54, 1.807) is 0 Å².